The van der Waals surface area contributed by atoms with Crippen LogP contribution < -0.4 is 24.8 Å². The minimum Gasteiger partial charge on any atom is -0.493 e. The highest BCUT2D eigenvalue weighted by Crippen LogP contribution is 2.29. The summed E-state index contributed by atoms with van der Waals surface area (Å²) in [5.74, 6) is 1.57. The Kier molecular flexibility index (Phi) is 5.84. The van der Waals surface area contributed by atoms with E-state index in [1.54, 1.807) is 35.8 Å². The maximum atomic E-state index is 12.2. The molecule has 1 aromatic carbocycles. The van der Waals surface area contributed by atoms with E-state index in [4.69, 9.17) is 9.47 Å². The van der Waals surface area contributed by atoms with Crippen molar-refractivity contribution in [2.24, 2.45) is 0 Å². The van der Waals surface area contributed by atoms with Crippen LogP contribution in [0.4, 0.5) is 0 Å². The predicted molar refractivity (Wildman–Crippen MR) is 112 cm³/mol. The number of hydrogen-bond acceptors (Lipinski definition) is 5. The van der Waals surface area contributed by atoms with Gasteiger partial charge in [0.05, 0.1) is 14.2 Å². The number of rotatable bonds is 6. The first-order chi connectivity index (χ1) is 14.1. The van der Waals surface area contributed by atoms with Gasteiger partial charge in [0.15, 0.2) is 16.5 Å². The summed E-state index contributed by atoms with van der Waals surface area (Å²) >= 11 is 1.51. The maximum absolute atomic E-state index is 12.2. The highest BCUT2D eigenvalue weighted by atomic mass is 32.1. The SMILES string of the molecule is COc1cc(C)c(C[NH+]2CC[NH+](Cc3cc(=O)n4ccsc4n3)CC2)cc1OC. The number of piperazine rings is 1. The first-order valence-electron chi connectivity index (χ1n) is 9.92. The number of benzene rings is 1. The molecule has 3 heterocycles. The van der Waals surface area contributed by atoms with Gasteiger partial charge in [-0.3, -0.25) is 9.20 Å². The molecule has 7 nitrogen and oxygen atoms in total. The van der Waals surface area contributed by atoms with Gasteiger partial charge in [0.1, 0.15) is 45.0 Å². The number of fused-ring (bicyclic) bond motifs is 1. The van der Waals surface area contributed by atoms with Crippen LogP contribution in [0.15, 0.2) is 34.6 Å². The molecule has 1 saturated heterocycles. The van der Waals surface area contributed by atoms with Crippen molar-refractivity contribution >= 4 is 16.3 Å². The van der Waals surface area contributed by atoms with E-state index in [1.165, 1.54) is 27.4 Å². The normalized spacial score (nSPS) is 19.4. The first-order valence-corrected chi connectivity index (χ1v) is 10.8. The zero-order valence-electron chi connectivity index (χ0n) is 17.2. The van der Waals surface area contributed by atoms with Crippen molar-refractivity contribution in [1.82, 2.24) is 9.38 Å². The fraction of sp³-hybridized carbons (Fsp3) is 0.429. The third-order valence-corrected chi connectivity index (χ3v) is 6.49. The fourth-order valence-corrected chi connectivity index (χ4v) is 4.77. The van der Waals surface area contributed by atoms with Gasteiger partial charge in [-0.1, -0.05) is 0 Å². The van der Waals surface area contributed by atoms with E-state index in [2.05, 4.69) is 24.0 Å². The number of thiazole rings is 1. The molecule has 8 heteroatoms. The second-order valence-corrected chi connectivity index (χ2v) is 8.50. The Balaban J connectivity index is 1.37. The number of quaternary nitrogens is 2. The monoisotopic (exact) mass is 416 g/mol. The molecule has 0 saturated carbocycles. The van der Waals surface area contributed by atoms with Gasteiger partial charge in [-0.2, -0.15) is 0 Å². The highest BCUT2D eigenvalue weighted by molar-refractivity contribution is 7.15. The van der Waals surface area contributed by atoms with Crippen LogP contribution in [-0.4, -0.2) is 49.8 Å². The van der Waals surface area contributed by atoms with Gasteiger partial charge in [0.25, 0.3) is 5.56 Å². The lowest BCUT2D eigenvalue weighted by molar-refractivity contribution is -1.02. The molecule has 154 valence electrons. The molecule has 0 bridgehead atoms. The summed E-state index contributed by atoms with van der Waals surface area (Å²) in [6, 6.07) is 5.84. The average molecular weight is 417 g/mol. The third-order valence-electron chi connectivity index (χ3n) is 5.73. The molecule has 4 rings (SSSR count). The molecule has 2 aromatic heterocycles. The van der Waals surface area contributed by atoms with E-state index in [-0.39, 0.29) is 5.56 Å². The van der Waals surface area contributed by atoms with Crippen LogP contribution in [0.3, 0.4) is 0 Å². The smallest absolute Gasteiger partial charge is 0.258 e. The molecule has 0 atom stereocenters. The summed E-state index contributed by atoms with van der Waals surface area (Å²) < 4.78 is 12.5. The number of aromatic nitrogens is 2. The summed E-state index contributed by atoms with van der Waals surface area (Å²) in [6.07, 6.45) is 1.78. The number of ether oxygens (including phenoxy) is 2. The topological polar surface area (TPSA) is 61.7 Å². The molecule has 1 aliphatic heterocycles. The number of hydrogen-bond donors (Lipinski definition) is 2. The molecule has 0 aliphatic carbocycles. The van der Waals surface area contributed by atoms with Crippen LogP contribution in [0.5, 0.6) is 11.5 Å². The minimum atomic E-state index is 0.0128. The predicted octanol–water partition coefficient (Wildman–Crippen LogP) is -0.435. The number of methoxy groups -OCH3 is 2. The summed E-state index contributed by atoms with van der Waals surface area (Å²) in [6.45, 7) is 8.28. The van der Waals surface area contributed by atoms with Gasteiger partial charge >= 0.3 is 0 Å². The van der Waals surface area contributed by atoms with Crippen molar-refractivity contribution in [3.63, 3.8) is 0 Å². The Labute approximate surface area is 174 Å². The van der Waals surface area contributed by atoms with E-state index in [9.17, 15) is 4.79 Å². The molecule has 3 aromatic rings. The van der Waals surface area contributed by atoms with Gasteiger partial charge < -0.3 is 19.3 Å². The van der Waals surface area contributed by atoms with Crippen molar-refractivity contribution in [3.05, 3.63) is 57.0 Å². The second kappa shape index (κ2) is 8.52. The molecular formula is C21H28N4O3S+2. The molecule has 0 unspecified atom stereocenters. The lowest BCUT2D eigenvalue weighted by Crippen LogP contribution is -3.27. The van der Waals surface area contributed by atoms with E-state index in [1.807, 2.05) is 5.38 Å². The van der Waals surface area contributed by atoms with Crippen LogP contribution in [0, 0.1) is 6.92 Å². The van der Waals surface area contributed by atoms with E-state index >= 15 is 0 Å². The zero-order chi connectivity index (χ0) is 20.4. The lowest BCUT2D eigenvalue weighted by atomic mass is 10.1. The number of nitrogens with zero attached hydrogens (tertiary/aromatic N) is 2. The molecule has 1 aliphatic rings. The standard InChI is InChI=1S/C21H26N4O3S/c1-15-10-18(27-2)19(28-3)11-16(15)13-23-4-6-24(7-5-23)14-17-12-20(26)25-8-9-29-21(25)22-17/h8-12H,4-7,13-14H2,1-3H3/p+2. The Hall–Kier alpha value is -2.42. The summed E-state index contributed by atoms with van der Waals surface area (Å²) in [5.41, 5.74) is 3.45. The van der Waals surface area contributed by atoms with E-state index in [0.29, 0.717) is 0 Å². The number of aryl methyl sites for hydroxylation is 1. The van der Waals surface area contributed by atoms with Gasteiger partial charge in [0.2, 0.25) is 0 Å². The Morgan fingerprint density at radius 1 is 1.03 bits per heavy atom. The van der Waals surface area contributed by atoms with E-state index < -0.39 is 0 Å². The van der Waals surface area contributed by atoms with Gasteiger partial charge in [-0.25, -0.2) is 4.98 Å². The fourth-order valence-electron chi connectivity index (χ4n) is 4.03. The van der Waals surface area contributed by atoms with Crippen molar-refractivity contribution in [2.75, 3.05) is 40.4 Å². The van der Waals surface area contributed by atoms with Crippen LogP contribution in [0.1, 0.15) is 16.8 Å². The largest absolute Gasteiger partial charge is 0.493 e. The molecule has 29 heavy (non-hydrogen) atoms. The highest BCUT2D eigenvalue weighted by Gasteiger charge is 2.25. The molecular weight excluding hydrogens is 388 g/mol. The summed E-state index contributed by atoms with van der Waals surface area (Å²) in [5, 5.41) is 1.90. The molecule has 0 amide bonds. The molecule has 2 N–H and O–H groups in total. The van der Waals surface area contributed by atoms with Crippen molar-refractivity contribution < 1.29 is 19.3 Å². The van der Waals surface area contributed by atoms with Gasteiger partial charge in [-0.15, -0.1) is 11.3 Å². The zero-order valence-corrected chi connectivity index (χ0v) is 18.0. The summed E-state index contributed by atoms with van der Waals surface area (Å²) in [4.78, 5) is 20.7. The summed E-state index contributed by atoms with van der Waals surface area (Å²) in [7, 11) is 3.35. The molecule has 1 fully saturated rings. The van der Waals surface area contributed by atoms with Crippen molar-refractivity contribution in [2.45, 2.75) is 20.0 Å². The minimum absolute atomic E-state index is 0.0128. The van der Waals surface area contributed by atoms with Crippen LogP contribution in [-0.2, 0) is 13.1 Å². The van der Waals surface area contributed by atoms with Crippen LogP contribution >= 0.6 is 11.3 Å². The Morgan fingerprint density at radius 2 is 1.69 bits per heavy atom. The van der Waals surface area contributed by atoms with Gasteiger partial charge in [-0.05, 0) is 24.6 Å². The third kappa shape index (κ3) is 4.29. The van der Waals surface area contributed by atoms with Crippen molar-refractivity contribution in [3.8, 4) is 11.5 Å². The molecule has 0 spiro atoms. The first kappa shape index (κ1) is 19.9. The van der Waals surface area contributed by atoms with Crippen LogP contribution in [0.2, 0.25) is 0 Å². The molecule has 0 radical (unpaired) electrons. The Bertz CT molecular complexity index is 1050. The number of nitrogens with one attached hydrogen (secondary N) is 2. The maximum Gasteiger partial charge on any atom is 0.258 e. The van der Waals surface area contributed by atoms with Gasteiger partial charge in [0, 0.05) is 23.2 Å². The average Bonchev–Trinajstić information content (AvgIpc) is 3.20. The van der Waals surface area contributed by atoms with Crippen LogP contribution in [0.25, 0.3) is 4.96 Å². The van der Waals surface area contributed by atoms with Crippen molar-refractivity contribution in [1.29, 1.82) is 0 Å². The lowest BCUT2D eigenvalue weighted by Gasteiger charge is -2.30. The second-order valence-electron chi connectivity index (χ2n) is 7.63. The quantitative estimate of drug-likeness (QED) is 0.572. The van der Waals surface area contributed by atoms with E-state index in [0.717, 1.165) is 61.4 Å². The Morgan fingerprint density at radius 3 is 2.38 bits per heavy atom.